The molecule has 0 fully saturated rings. The van der Waals surface area contributed by atoms with E-state index in [1.807, 2.05) is 18.2 Å². The zero-order valence-electron chi connectivity index (χ0n) is 9.86. The molecule has 0 atom stereocenters. The molecule has 0 aliphatic carbocycles. The molecule has 5 heteroatoms. The highest BCUT2D eigenvalue weighted by Crippen LogP contribution is 2.05. The van der Waals surface area contributed by atoms with Crippen LogP contribution in [0.2, 0.25) is 0 Å². The minimum Gasteiger partial charge on any atom is -0.326 e. The summed E-state index contributed by atoms with van der Waals surface area (Å²) in [6.45, 7) is 3.04. The molecule has 0 radical (unpaired) electrons. The van der Waals surface area contributed by atoms with E-state index in [4.69, 9.17) is 0 Å². The van der Waals surface area contributed by atoms with Gasteiger partial charge in [-0.05, 0) is 19.1 Å². The van der Waals surface area contributed by atoms with Crippen molar-refractivity contribution in [1.82, 2.24) is 5.43 Å². The van der Waals surface area contributed by atoms with Crippen molar-refractivity contribution >= 4 is 23.2 Å². The minimum atomic E-state index is -0.257. The van der Waals surface area contributed by atoms with E-state index in [1.165, 1.54) is 6.92 Å². The fourth-order valence-corrected chi connectivity index (χ4v) is 1.17. The maximum Gasteiger partial charge on any atom is 0.236 e. The third-order valence-electron chi connectivity index (χ3n) is 1.88. The van der Waals surface area contributed by atoms with E-state index in [9.17, 15) is 9.59 Å². The Kier molecular flexibility index (Phi) is 4.87. The number of carbonyl (C=O) groups excluding carboxylic acids is 2. The smallest absolute Gasteiger partial charge is 0.236 e. The molecule has 2 amide bonds. The average Bonchev–Trinajstić information content (AvgIpc) is 2.27. The van der Waals surface area contributed by atoms with Gasteiger partial charge in [0.1, 0.15) is 0 Å². The predicted molar refractivity (Wildman–Crippen MR) is 66.6 cm³/mol. The first-order valence-corrected chi connectivity index (χ1v) is 5.22. The van der Waals surface area contributed by atoms with E-state index in [1.54, 1.807) is 19.1 Å². The Morgan fingerprint density at radius 1 is 1.18 bits per heavy atom. The van der Waals surface area contributed by atoms with Crippen LogP contribution in [0.1, 0.15) is 20.3 Å². The number of hydrogen-bond acceptors (Lipinski definition) is 3. The molecule has 5 nitrogen and oxygen atoms in total. The van der Waals surface area contributed by atoms with Gasteiger partial charge in [0.05, 0.1) is 6.42 Å². The fraction of sp³-hybridized carbons (Fsp3) is 0.250. The Morgan fingerprint density at radius 2 is 1.82 bits per heavy atom. The van der Waals surface area contributed by atoms with Crippen LogP contribution < -0.4 is 10.7 Å². The van der Waals surface area contributed by atoms with Gasteiger partial charge in [-0.1, -0.05) is 18.2 Å². The van der Waals surface area contributed by atoms with Gasteiger partial charge in [-0.2, -0.15) is 5.10 Å². The van der Waals surface area contributed by atoms with Gasteiger partial charge >= 0.3 is 0 Å². The van der Waals surface area contributed by atoms with Crippen LogP contribution in [-0.2, 0) is 9.59 Å². The third kappa shape index (κ3) is 5.46. The van der Waals surface area contributed by atoms with E-state index in [2.05, 4.69) is 15.8 Å². The molecule has 0 unspecified atom stereocenters. The van der Waals surface area contributed by atoms with Gasteiger partial charge in [0.15, 0.2) is 0 Å². The molecule has 90 valence electrons. The monoisotopic (exact) mass is 233 g/mol. The Balaban J connectivity index is 2.45. The van der Waals surface area contributed by atoms with Gasteiger partial charge in [-0.3, -0.25) is 9.59 Å². The molecule has 1 aromatic carbocycles. The van der Waals surface area contributed by atoms with Crippen LogP contribution in [0.4, 0.5) is 5.69 Å². The van der Waals surface area contributed by atoms with Crippen LogP contribution in [-0.4, -0.2) is 17.5 Å². The summed E-state index contributed by atoms with van der Waals surface area (Å²) in [5.41, 5.74) is 3.57. The van der Waals surface area contributed by atoms with Gasteiger partial charge in [-0.25, -0.2) is 5.43 Å². The number of anilines is 1. The van der Waals surface area contributed by atoms with Crippen LogP contribution in [0.3, 0.4) is 0 Å². The summed E-state index contributed by atoms with van der Waals surface area (Å²) in [7, 11) is 0. The highest BCUT2D eigenvalue weighted by Gasteiger charge is 2.04. The maximum atomic E-state index is 11.6. The van der Waals surface area contributed by atoms with Crippen molar-refractivity contribution in [2.45, 2.75) is 20.3 Å². The molecule has 17 heavy (non-hydrogen) atoms. The average molecular weight is 233 g/mol. The van der Waals surface area contributed by atoms with Gasteiger partial charge < -0.3 is 5.32 Å². The number of rotatable bonds is 4. The Hall–Kier alpha value is -2.17. The van der Waals surface area contributed by atoms with Crippen LogP contribution >= 0.6 is 0 Å². The number of nitrogens with one attached hydrogen (secondary N) is 2. The summed E-state index contributed by atoms with van der Waals surface area (Å²) in [4.78, 5) is 22.2. The van der Waals surface area contributed by atoms with Crippen molar-refractivity contribution in [3.05, 3.63) is 30.3 Å². The van der Waals surface area contributed by atoms with Crippen LogP contribution in [0.5, 0.6) is 0 Å². The maximum absolute atomic E-state index is 11.6. The summed E-state index contributed by atoms with van der Waals surface area (Å²) in [5, 5.41) is 6.49. The van der Waals surface area contributed by atoms with Crippen molar-refractivity contribution in [3.63, 3.8) is 0 Å². The molecule has 0 saturated carbocycles. The highest BCUT2D eigenvalue weighted by molar-refractivity contribution is 6.05. The van der Waals surface area contributed by atoms with Crippen molar-refractivity contribution in [2.24, 2.45) is 5.10 Å². The SMILES string of the molecule is CC(=O)N/N=C(/C)CC(=O)Nc1ccccc1. The topological polar surface area (TPSA) is 70.6 Å². The molecule has 2 N–H and O–H groups in total. The molecular formula is C12H15N3O2. The van der Waals surface area contributed by atoms with Crippen molar-refractivity contribution < 1.29 is 9.59 Å². The second-order valence-corrected chi connectivity index (χ2v) is 3.61. The lowest BCUT2D eigenvalue weighted by Gasteiger charge is -2.04. The molecule has 0 spiro atoms. The molecule has 0 heterocycles. The lowest BCUT2D eigenvalue weighted by atomic mass is 10.2. The molecule has 0 bridgehead atoms. The summed E-state index contributed by atoms with van der Waals surface area (Å²) >= 11 is 0. The van der Waals surface area contributed by atoms with Gasteiger partial charge in [0.25, 0.3) is 0 Å². The number of para-hydroxylation sites is 1. The van der Waals surface area contributed by atoms with Gasteiger partial charge in [0.2, 0.25) is 11.8 Å². The quantitative estimate of drug-likeness (QED) is 0.611. The second kappa shape index (κ2) is 6.42. The number of nitrogens with zero attached hydrogens (tertiary/aromatic N) is 1. The molecule has 1 aromatic rings. The summed E-state index contributed by atoms with van der Waals surface area (Å²) < 4.78 is 0. The largest absolute Gasteiger partial charge is 0.326 e. The molecule has 0 aliphatic rings. The number of benzene rings is 1. The summed E-state index contributed by atoms with van der Waals surface area (Å²) in [6, 6.07) is 9.16. The van der Waals surface area contributed by atoms with E-state index in [0.29, 0.717) is 5.71 Å². The zero-order valence-corrected chi connectivity index (χ0v) is 9.86. The van der Waals surface area contributed by atoms with Crippen LogP contribution in [0, 0.1) is 0 Å². The van der Waals surface area contributed by atoms with E-state index < -0.39 is 0 Å². The first kappa shape index (κ1) is 12.9. The normalized spacial score (nSPS) is 10.8. The first-order valence-electron chi connectivity index (χ1n) is 5.22. The van der Waals surface area contributed by atoms with E-state index >= 15 is 0 Å². The second-order valence-electron chi connectivity index (χ2n) is 3.61. The van der Waals surface area contributed by atoms with Crippen LogP contribution in [0.25, 0.3) is 0 Å². The Bertz CT molecular complexity index is 427. The molecule has 0 saturated heterocycles. The standard InChI is InChI=1S/C12H15N3O2/c1-9(14-15-10(2)16)8-12(17)13-11-6-4-3-5-7-11/h3-7H,8H2,1-2H3,(H,13,17)(H,15,16)/b14-9-. The molecule has 1 rings (SSSR count). The summed E-state index contributed by atoms with van der Waals surface area (Å²) in [5.74, 6) is -0.421. The van der Waals surface area contributed by atoms with E-state index in [0.717, 1.165) is 5.69 Å². The third-order valence-corrected chi connectivity index (χ3v) is 1.88. The fourth-order valence-electron chi connectivity index (χ4n) is 1.17. The van der Waals surface area contributed by atoms with Gasteiger partial charge in [0, 0.05) is 18.3 Å². The number of carbonyl (C=O) groups is 2. The Labute approximate surface area is 99.9 Å². The summed E-state index contributed by atoms with van der Waals surface area (Å²) in [6.07, 6.45) is 0.148. The van der Waals surface area contributed by atoms with E-state index in [-0.39, 0.29) is 18.2 Å². The van der Waals surface area contributed by atoms with Crippen molar-refractivity contribution in [2.75, 3.05) is 5.32 Å². The lowest BCUT2D eigenvalue weighted by molar-refractivity contribution is -0.119. The lowest BCUT2D eigenvalue weighted by Crippen LogP contribution is -2.19. The highest BCUT2D eigenvalue weighted by atomic mass is 16.2. The minimum absolute atomic E-state index is 0.148. The number of amides is 2. The molecule has 0 aromatic heterocycles. The molecular weight excluding hydrogens is 218 g/mol. The predicted octanol–water partition coefficient (Wildman–Crippen LogP) is 1.53. The number of hydrazone groups is 1. The first-order chi connectivity index (χ1) is 8.08. The van der Waals surface area contributed by atoms with Crippen molar-refractivity contribution in [3.8, 4) is 0 Å². The zero-order chi connectivity index (χ0) is 12.7. The van der Waals surface area contributed by atoms with Crippen molar-refractivity contribution in [1.29, 1.82) is 0 Å². The van der Waals surface area contributed by atoms with Gasteiger partial charge in [-0.15, -0.1) is 0 Å². The Morgan fingerprint density at radius 3 is 2.41 bits per heavy atom. The molecule has 0 aliphatic heterocycles. The van der Waals surface area contributed by atoms with Crippen LogP contribution in [0.15, 0.2) is 35.4 Å². The number of hydrogen-bond donors (Lipinski definition) is 2.